The van der Waals surface area contributed by atoms with E-state index < -0.39 is 12.2 Å². The van der Waals surface area contributed by atoms with Crippen LogP contribution in [-0.4, -0.2) is 79.5 Å². The predicted molar refractivity (Wildman–Crippen MR) is 104 cm³/mol. The van der Waals surface area contributed by atoms with Crippen LogP contribution in [0.5, 0.6) is 0 Å². The minimum atomic E-state index is -4.16. The minimum Gasteiger partial charge on any atom is -0.378 e. The van der Waals surface area contributed by atoms with Gasteiger partial charge in [0.1, 0.15) is 12.3 Å². The Labute approximate surface area is 175 Å². The molecule has 6 atom stereocenters. The highest BCUT2D eigenvalue weighted by Crippen LogP contribution is 2.39. The molecule has 5 aliphatic rings. The molecule has 0 aromatic carbocycles. The second-order valence-electron chi connectivity index (χ2n) is 9.75. The summed E-state index contributed by atoms with van der Waals surface area (Å²) >= 11 is 0. The lowest BCUT2D eigenvalue weighted by Gasteiger charge is -2.42. The van der Waals surface area contributed by atoms with Gasteiger partial charge in [-0.2, -0.15) is 18.7 Å². The van der Waals surface area contributed by atoms with Crippen molar-refractivity contribution in [3.05, 3.63) is 0 Å². The molecule has 10 heteroatoms. The molecule has 0 aromatic heterocycles. The van der Waals surface area contributed by atoms with Crippen LogP contribution in [0, 0.1) is 17.8 Å². The molecule has 0 radical (unpaired) electrons. The normalized spacial score (nSPS) is 41.0. The lowest BCUT2D eigenvalue weighted by atomic mass is 9.77. The van der Waals surface area contributed by atoms with Crippen molar-refractivity contribution in [2.75, 3.05) is 32.8 Å². The molecule has 1 saturated carbocycles. The number of nitrogens with zero attached hydrogens (tertiary/aromatic N) is 2. The van der Waals surface area contributed by atoms with E-state index in [0.29, 0.717) is 37.0 Å². The Bertz CT molecular complexity index is 599. The maximum Gasteiger partial charge on any atom is 0.403 e. The van der Waals surface area contributed by atoms with Crippen LogP contribution in [-0.2, 0) is 9.57 Å². The maximum absolute atomic E-state index is 13.0. The quantitative estimate of drug-likeness (QED) is 0.620. The summed E-state index contributed by atoms with van der Waals surface area (Å²) in [5.74, 6) is 1.44. The number of hydrazine groups is 1. The number of nitrogens with one attached hydrogen (secondary N) is 3. The van der Waals surface area contributed by atoms with Crippen LogP contribution >= 0.6 is 0 Å². The molecular formula is C20H34F3N5O2. The van der Waals surface area contributed by atoms with E-state index >= 15 is 0 Å². The highest BCUT2D eigenvalue weighted by molar-refractivity contribution is 4.97. The van der Waals surface area contributed by atoms with E-state index in [1.807, 2.05) is 0 Å². The third-order valence-corrected chi connectivity index (χ3v) is 8.06. The third kappa shape index (κ3) is 4.12. The van der Waals surface area contributed by atoms with Crippen LogP contribution in [0.4, 0.5) is 13.2 Å². The second-order valence-corrected chi connectivity index (χ2v) is 9.75. The standard InChI is InChI=1S/C20H34F3N5O2/c1-12(20(21,22)23)27-6-4-13(5-7-27)19-25-18(26-30-19)14-2-3-15-9-24-28(17(15)8-14)16-10-29-11-16/h12-19,24-26H,2-11H2,1H3. The number of likely N-dealkylation sites (tertiary alicyclic amines) is 1. The van der Waals surface area contributed by atoms with Crippen molar-refractivity contribution >= 4 is 0 Å². The fourth-order valence-electron chi connectivity index (χ4n) is 5.92. The Morgan fingerprint density at radius 2 is 1.73 bits per heavy atom. The molecule has 7 nitrogen and oxygen atoms in total. The number of hydroxylamine groups is 1. The Kier molecular flexibility index (Phi) is 6.02. The first-order chi connectivity index (χ1) is 14.4. The molecule has 1 aliphatic carbocycles. The zero-order valence-corrected chi connectivity index (χ0v) is 17.5. The number of alkyl halides is 3. The first-order valence-electron chi connectivity index (χ1n) is 11.5. The van der Waals surface area contributed by atoms with Gasteiger partial charge in [-0.1, -0.05) is 0 Å². The van der Waals surface area contributed by atoms with Crippen LogP contribution in [0.25, 0.3) is 0 Å². The molecule has 5 fully saturated rings. The first-order valence-corrected chi connectivity index (χ1v) is 11.5. The lowest BCUT2D eigenvalue weighted by molar-refractivity contribution is -0.183. The summed E-state index contributed by atoms with van der Waals surface area (Å²) in [6.45, 7) is 4.89. The monoisotopic (exact) mass is 433 g/mol. The van der Waals surface area contributed by atoms with Gasteiger partial charge in [0.15, 0.2) is 0 Å². The highest BCUT2D eigenvalue weighted by Gasteiger charge is 2.47. The van der Waals surface area contributed by atoms with E-state index in [1.165, 1.54) is 19.8 Å². The topological polar surface area (TPSA) is 61.0 Å². The summed E-state index contributed by atoms with van der Waals surface area (Å²) in [4.78, 5) is 7.43. The van der Waals surface area contributed by atoms with Crippen LogP contribution in [0.3, 0.4) is 0 Å². The molecule has 4 aliphatic heterocycles. The number of halogens is 3. The Morgan fingerprint density at radius 1 is 1.00 bits per heavy atom. The van der Waals surface area contributed by atoms with Crippen LogP contribution in [0.15, 0.2) is 0 Å². The third-order valence-electron chi connectivity index (χ3n) is 8.06. The predicted octanol–water partition coefficient (Wildman–Crippen LogP) is 1.43. The van der Waals surface area contributed by atoms with Gasteiger partial charge in [0.05, 0.1) is 25.4 Å². The smallest absolute Gasteiger partial charge is 0.378 e. The maximum atomic E-state index is 13.0. The van der Waals surface area contributed by atoms with Gasteiger partial charge < -0.3 is 4.74 Å². The van der Waals surface area contributed by atoms with Crippen LogP contribution < -0.4 is 16.2 Å². The van der Waals surface area contributed by atoms with Crippen molar-refractivity contribution in [1.82, 2.24) is 26.1 Å². The number of hydrogen-bond donors (Lipinski definition) is 3. The van der Waals surface area contributed by atoms with Gasteiger partial charge in [-0.3, -0.25) is 20.5 Å². The number of rotatable bonds is 4. The molecule has 0 spiro atoms. The summed E-state index contributed by atoms with van der Waals surface area (Å²) in [6.07, 6.45) is 0.788. The van der Waals surface area contributed by atoms with Crippen molar-refractivity contribution < 1.29 is 22.7 Å². The second kappa shape index (κ2) is 8.46. The fourth-order valence-corrected chi connectivity index (χ4v) is 5.92. The molecule has 0 aromatic rings. The van der Waals surface area contributed by atoms with Crippen molar-refractivity contribution in [3.63, 3.8) is 0 Å². The SMILES string of the molecule is CC(N1CCC(C2NC(C3CCC4CNN(C5COC5)C4C3)NO2)CC1)C(F)(F)F. The van der Waals surface area contributed by atoms with E-state index in [4.69, 9.17) is 9.57 Å². The first kappa shape index (κ1) is 21.4. The van der Waals surface area contributed by atoms with E-state index in [1.54, 1.807) is 4.90 Å². The number of ether oxygens (including phenoxy) is 1. The average molecular weight is 434 g/mol. The van der Waals surface area contributed by atoms with Crippen LogP contribution in [0.2, 0.25) is 0 Å². The zero-order valence-electron chi connectivity index (χ0n) is 17.5. The molecule has 4 heterocycles. The van der Waals surface area contributed by atoms with E-state index in [2.05, 4.69) is 21.2 Å². The molecular weight excluding hydrogens is 399 g/mol. The van der Waals surface area contributed by atoms with Gasteiger partial charge in [-0.25, -0.2) is 5.01 Å². The molecule has 0 bridgehead atoms. The number of hydrogen-bond acceptors (Lipinski definition) is 7. The summed E-state index contributed by atoms with van der Waals surface area (Å²) < 4.78 is 44.3. The molecule has 172 valence electrons. The Hall–Kier alpha value is -0.490. The van der Waals surface area contributed by atoms with E-state index in [-0.39, 0.29) is 18.3 Å². The minimum absolute atomic E-state index is 0.114. The summed E-state index contributed by atoms with van der Waals surface area (Å²) in [7, 11) is 0. The lowest BCUT2D eigenvalue weighted by Crippen LogP contribution is -2.57. The van der Waals surface area contributed by atoms with Crippen molar-refractivity contribution in [3.8, 4) is 0 Å². The summed E-state index contributed by atoms with van der Waals surface area (Å²) in [5.41, 5.74) is 6.81. The average Bonchev–Trinajstić information content (AvgIpc) is 3.33. The molecule has 30 heavy (non-hydrogen) atoms. The van der Waals surface area contributed by atoms with Crippen molar-refractivity contribution in [2.45, 2.75) is 75.7 Å². The molecule has 0 amide bonds. The van der Waals surface area contributed by atoms with Gasteiger partial charge in [0.2, 0.25) is 0 Å². The molecule has 3 N–H and O–H groups in total. The number of piperidine rings is 1. The van der Waals surface area contributed by atoms with Crippen LogP contribution in [0.1, 0.15) is 39.0 Å². The van der Waals surface area contributed by atoms with Crippen molar-refractivity contribution in [1.29, 1.82) is 0 Å². The van der Waals surface area contributed by atoms with Gasteiger partial charge >= 0.3 is 6.18 Å². The van der Waals surface area contributed by atoms with Gasteiger partial charge in [0, 0.05) is 18.5 Å². The van der Waals surface area contributed by atoms with E-state index in [9.17, 15) is 13.2 Å². The van der Waals surface area contributed by atoms with Gasteiger partial charge in [0.25, 0.3) is 0 Å². The summed E-state index contributed by atoms with van der Waals surface area (Å²) in [6, 6.07) is -0.329. The summed E-state index contributed by atoms with van der Waals surface area (Å²) in [5, 5.41) is 6.05. The molecule has 4 saturated heterocycles. The molecule has 6 unspecified atom stereocenters. The van der Waals surface area contributed by atoms with Crippen molar-refractivity contribution in [2.24, 2.45) is 17.8 Å². The fraction of sp³-hybridized carbons (Fsp3) is 1.00. The largest absolute Gasteiger partial charge is 0.403 e. The Morgan fingerprint density at radius 3 is 2.40 bits per heavy atom. The Balaban J connectivity index is 1.11. The van der Waals surface area contributed by atoms with Gasteiger partial charge in [-0.05, 0) is 64.0 Å². The van der Waals surface area contributed by atoms with E-state index in [0.717, 1.165) is 39.0 Å². The number of fused-ring (bicyclic) bond motifs is 1. The van der Waals surface area contributed by atoms with Gasteiger partial charge in [-0.15, -0.1) is 0 Å². The zero-order chi connectivity index (χ0) is 20.9. The highest BCUT2D eigenvalue weighted by atomic mass is 19.4. The molecule has 5 rings (SSSR count).